The highest BCUT2D eigenvalue weighted by Crippen LogP contribution is 2.26. The van der Waals surface area contributed by atoms with Crippen LogP contribution in [0.4, 0.5) is 0 Å². The summed E-state index contributed by atoms with van der Waals surface area (Å²) in [7, 11) is 3.03. The van der Waals surface area contributed by atoms with Crippen LogP contribution in [0.25, 0.3) is 0 Å². The van der Waals surface area contributed by atoms with Gasteiger partial charge in [-0.2, -0.15) is 0 Å². The molecule has 1 heterocycles. The Morgan fingerprint density at radius 3 is 2.65 bits per heavy atom. The molecule has 126 valence electrons. The monoisotopic (exact) mass is 323 g/mol. The largest absolute Gasteiger partial charge is 0.497 e. The third-order valence-electron chi connectivity index (χ3n) is 4.01. The van der Waals surface area contributed by atoms with Gasteiger partial charge in [-0.1, -0.05) is 0 Å². The third-order valence-corrected chi connectivity index (χ3v) is 4.01. The number of methoxy groups -OCH3 is 2. The summed E-state index contributed by atoms with van der Waals surface area (Å²) in [4.78, 5) is 25.2. The van der Waals surface area contributed by atoms with E-state index < -0.39 is 18.1 Å². The number of carbonyl (C=O) groups is 2. The highest BCUT2D eigenvalue weighted by atomic mass is 16.5. The molecular formula is C16H21NO6. The number of piperidine rings is 1. The molecule has 0 bridgehead atoms. The average molecular weight is 323 g/mol. The second-order valence-electron chi connectivity index (χ2n) is 5.47. The molecule has 1 aromatic carbocycles. The lowest BCUT2D eigenvalue weighted by Crippen LogP contribution is -2.51. The number of hydrogen-bond donors (Lipinski definition) is 2. The Morgan fingerprint density at radius 1 is 1.30 bits per heavy atom. The smallest absolute Gasteiger partial charge is 0.326 e. The van der Waals surface area contributed by atoms with Crippen molar-refractivity contribution in [3.05, 3.63) is 23.8 Å². The molecule has 23 heavy (non-hydrogen) atoms. The number of likely N-dealkylation sites (tertiary alicyclic amines) is 1. The molecule has 1 fully saturated rings. The summed E-state index contributed by atoms with van der Waals surface area (Å²) >= 11 is 0. The van der Waals surface area contributed by atoms with Gasteiger partial charge >= 0.3 is 5.97 Å². The van der Waals surface area contributed by atoms with E-state index >= 15 is 0 Å². The molecule has 0 unspecified atom stereocenters. The molecule has 2 N–H and O–H groups in total. The van der Waals surface area contributed by atoms with Gasteiger partial charge < -0.3 is 24.6 Å². The SMILES string of the molecule is COc1ccc(OC)c(CC(=O)N2CC[C@H](O)C[C@@H]2C(=O)O)c1. The van der Waals surface area contributed by atoms with Crippen molar-refractivity contribution in [1.82, 2.24) is 4.90 Å². The second-order valence-corrected chi connectivity index (χ2v) is 5.47. The standard InChI is InChI=1S/C16H21NO6/c1-22-12-3-4-14(23-2)10(7-12)8-15(19)17-6-5-11(18)9-13(17)16(20)21/h3-4,7,11,13,18H,5-6,8-9H2,1-2H3,(H,20,21)/t11-,13+/m0/s1. The number of aliphatic hydroxyl groups excluding tert-OH is 1. The molecular weight excluding hydrogens is 302 g/mol. The molecule has 7 heteroatoms. The molecule has 2 atom stereocenters. The Morgan fingerprint density at radius 2 is 2.04 bits per heavy atom. The van der Waals surface area contributed by atoms with E-state index in [1.165, 1.54) is 19.1 Å². The minimum absolute atomic E-state index is 0.0141. The number of amides is 1. The van der Waals surface area contributed by atoms with Crippen LogP contribution >= 0.6 is 0 Å². The van der Waals surface area contributed by atoms with E-state index in [9.17, 15) is 19.8 Å². The first-order valence-corrected chi connectivity index (χ1v) is 7.37. The number of aliphatic hydroxyl groups is 1. The van der Waals surface area contributed by atoms with Crippen LogP contribution in [0, 0.1) is 0 Å². The predicted molar refractivity (Wildman–Crippen MR) is 81.6 cm³/mol. The van der Waals surface area contributed by atoms with Crippen molar-refractivity contribution in [2.75, 3.05) is 20.8 Å². The van der Waals surface area contributed by atoms with Crippen LogP contribution in [0.2, 0.25) is 0 Å². The number of ether oxygens (including phenoxy) is 2. The zero-order valence-electron chi connectivity index (χ0n) is 13.2. The number of rotatable bonds is 5. The fraction of sp³-hybridized carbons (Fsp3) is 0.500. The summed E-state index contributed by atoms with van der Waals surface area (Å²) in [6.07, 6.45) is -0.243. The molecule has 1 amide bonds. The second kappa shape index (κ2) is 7.32. The van der Waals surface area contributed by atoms with Gasteiger partial charge in [-0.25, -0.2) is 4.79 Å². The van der Waals surface area contributed by atoms with Crippen molar-refractivity contribution in [2.24, 2.45) is 0 Å². The lowest BCUT2D eigenvalue weighted by atomic mass is 9.98. The normalized spacial score (nSPS) is 20.9. The quantitative estimate of drug-likeness (QED) is 0.827. The molecule has 0 aliphatic carbocycles. The summed E-state index contributed by atoms with van der Waals surface area (Å²) in [5.74, 6) is -0.272. The molecule has 0 aromatic heterocycles. The fourth-order valence-electron chi connectivity index (χ4n) is 2.76. The number of carbonyl (C=O) groups excluding carboxylic acids is 1. The number of carboxylic acid groups (broad SMARTS) is 1. The number of benzene rings is 1. The van der Waals surface area contributed by atoms with Crippen molar-refractivity contribution < 1.29 is 29.3 Å². The van der Waals surface area contributed by atoms with Crippen LogP contribution in [0.5, 0.6) is 11.5 Å². The number of hydrogen-bond acceptors (Lipinski definition) is 5. The zero-order valence-corrected chi connectivity index (χ0v) is 13.2. The first-order valence-electron chi connectivity index (χ1n) is 7.37. The average Bonchev–Trinajstić information content (AvgIpc) is 2.54. The number of carboxylic acids is 1. The lowest BCUT2D eigenvalue weighted by Gasteiger charge is -2.35. The van der Waals surface area contributed by atoms with E-state index in [0.29, 0.717) is 23.5 Å². The van der Waals surface area contributed by atoms with E-state index in [4.69, 9.17) is 9.47 Å². The Hall–Kier alpha value is -2.28. The van der Waals surface area contributed by atoms with Crippen molar-refractivity contribution in [3.63, 3.8) is 0 Å². The van der Waals surface area contributed by atoms with Gasteiger partial charge in [0.25, 0.3) is 0 Å². The van der Waals surface area contributed by atoms with E-state index in [-0.39, 0.29) is 25.3 Å². The first kappa shape index (κ1) is 17.1. The van der Waals surface area contributed by atoms with E-state index in [0.717, 1.165) is 0 Å². The van der Waals surface area contributed by atoms with Crippen molar-refractivity contribution in [2.45, 2.75) is 31.4 Å². The van der Waals surface area contributed by atoms with Crippen LogP contribution in [0.1, 0.15) is 18.4 Å². The van der Waals surface area contributed by atoms with Crippen LogP contribution in [0.15, 0.2) is 18.2 Å². The molecule has 1 aromatic rings. The van der Waals surface area contributed by atoms with Gasteiger partial charge in [-0.05, 0) is 24.6 Å². The van der Waals surface area contributed by atoms with Gasteiger partial charge in [-0.15, -0.1) is 0 Å². The topological polar surface area (TPSA) is 96.3 Å². The van der Waals surface area contributed by atoms with Crippen LogP contribution < -0.4 is 9.47 Å². The molecule has 0 saturated carbocycles. The third kappa shape index (κ3) is 3.92. The van der Waals surface area contributed by atoms with Crippen LogP contribution in [-0.2, 0) is 16.0 Å². The van der Waals surface area contributed by atoms with Crippen LogP contribution in [0.3, 0.4) is 0 Å². The minimum Gasteiger partial charge on any atom is -0.497 e. The van der Waals surface area contributed by atoms with E-state index in [2.05, 4.69) is 0 Å². The van der Waals surface area contributed by atoms with Crippen LogP contribution in [-0.4, -0.2) is 59.9 Å². The Labute approximate surface area is 134 Å². The van der Waals surface area contributed by atoms with Crippen molar-refractivity contribution in [3.8, 4) is 11.5 Å². The van der Waals surface area contributed by atoms with Crippen molar-refractivity contribution >= 4 is 11.9 Å². The molecule has 2 rings (SSSR count). The lowest BCUT2D eigenvalue weighted by molar-refractivity contribution is -0.154. The molecule has 0 radical (unpaired) electrons. The van der Waals surface area contributed by atoms with Gasteiger partial charge in [0.2, 0.25) is 5.91 Å². The molecule has 1 saturated heterocycles. The number of aliphatic carboxylic acids is 1. The maximum absolute atomic E-state index is 12.5. The summed E-state index contributed by atoms with van der Waals surface area (Å²) < 4.78 is 10.4. The maximum atomic E-state index is 12.5. The van der Waals surface area contributed by atoms with Crippen molar-refractivity contribution in [1.29, 1.82) is 0 Å². The summed E-state index contributed by atoms with van der Waals surface area (Å²) in [6.45, 7) is 0.225. The highest BCUT2D eigenvalue weighted by molar-refractivity contribution is 5.85. The van der Waals surface area contributed by atoms with Gasteiger partial charge in [0.15, 0.2) is 0 Å². The van der Waals surface area contributed by atoms with E-state index in [1.54, 1.807) is 18.2 Å². The molecule has 1 aliphatic heterocycles. The summed E-state index contributed by atoms with van der Waals surface area (Å²) in [5, 5.41) is 18.9. The first-order chi connectivity index (χ1) is 11.0. The van der Waals surface area contributed by atoms with Gasteiger partial charge in [-0.3, -0.25) is 4.79 Å². The van der Waals surface area contributed by atoms with Gasteiger partial charge in [0, 0.05) is 18.5 Å². The molecule has 0 spiro atoms. The summed E-state index contributed by atoms with van der Waals surface area (Å²) in [6, 6.07) is 4.13. The minimum atomic E-state index is -1.10. The predicted octanol–water partition coefficient (Wildman–Crippen LogP) is 0.683. The summed E-state index contributed by atoms with van der Waals surface area (Å²) in [5.41, 5.74) is 0.632. The maximum Gasteiger partial charge on any atom is 0.326 e. The van der Waals surface area contributed by atoms with E-state index in [1.807, 2.05) is 0 Å². The Bertz CT molecular complexity index is 588. The van der Waals surface area contributed by atoms with Gasteiger partial charge in [0.1, 0.15) is 17.5 Å². The highest BCUT2D eigenvalue weighted by Gasteiger charge is 2.35. The molecule has 7 nitrogen and oxygen atoms in total. The fourth-order valence-corrected chi connectivity index (χ4v) is 2.76. The molecule has 1 aliphatic rings. The Balaban J connectivity index is 2.19. The Kier molecular flexibility index (Phi) is 5.44. The van der Waals surface area contributed by atoms with Gasteiger partial charge in [0.05, 0.1) is 26.7 Å². The number of nitrogens with zero attached hydrogens (tertiary/aromatic N) is 1. The zero-order chi connectivity index (χ0) is 17.0.